The molecule has 0 fully saturated rings. The average molecular weight is 344 g/mol. The number of esters is 1. The van der Waals surface area contributed by atoms with Crippen LogP contribution < -0.4 is 4.74 Å². The first kappa shape index (κ1) is 16.1. The smallest absolute Gasteiger partial charge is 0.338 e. The van der Waals surface area contributed by atoms with Gasteiger partial charge >= 0.3 is 5.97 Å². The van der Waals surface area contributed by atoms with Gasteiger partial charge < -0.3 is 14.6 Å². The van der Waals surface area contributed by atoms with E-state index in [1.807, 2.05) is 18.2 Å². The molecule has 0 saturated carbocycles. The van der Waals surface area contributed by atoms with Gasteiger partial charge in [-0.3, -0.25) is 0 Å². The van der Waals surface area contributed by atoms with Crippen LogP contribution in [0.3, 0.4) is 0 Å². The first-order valence-corrected chi connectivity index (χ1v) is 7.54. The highest BCUT2D eigenvalue weighted by Gasteiger charge is 2.11. The molecule has 0 radical (unpaired) electrons. The molecule has 0 saturated heterocycles. The molecule has 3 aromatic rings. The number of phenolic OH excluding ortho intramolecular Hbond substituents is 1. The quantitative estimate of drug-likeness (QED) is 0.573. The predicted octanol–water partition coefficient (Wildman–Crippen LogP) is 3.96. The molecular formula is C18H14ClNO4. The normalized spacial score (nSPS) is 10.6. The Hall–Kier alpha value is -2.79. The lowest BCUT2D eigenvalue weighted by molar-refractivity contribution is 0.0472. The van der Waals surface area contributed by atoms with E-state index in [-0.39, 0.29) is 23.1 Å². The molecule has 0 amide bonds. The zero-order chi connectivity index (χ0) is 17.1. The lowest BCUT2D eigenvalue weighted by Crippen LogP contribution is -2.05. The van der Waals surface area contributed by atoms with Gasteiger partial charge in [0.15, 0.2) is 0 Å². The molecule has 1 aromatic heterocycles. The summed E-state index contributed by atoms with van der Waals surface area (Å²) >= 11 is 6.17. The van der Waals surface area contributed by atoms with Gasteiger partial charge in [-0.25, -0.2) is 9.78 Å². The Morgan fingerprint density at radius 1 is 1.21 bits per heavy atom. The minimum Gasteiger partial charge on any atom is -0.508 e. The van der Waals surface area contributed by atoms with Crippen LogP contribution >= 0.6 is 11.6 Å². The summed E-state index contributed by atoms with van der Waals surface area (Å²) in [6.45, 7) is -0.0116. The van der Waals surface area contributed by atoms with Gasteiger partial charge in [0, 0.05) is 17.0 Å². The number of rotatable bonds is 4. The molecule has 2 aromatic carbocycles. The summed E-state index contributed by atoms with van der Waals surface area (Å²) in [5, 5.41) is 10.5. The minimum absolute atomic E-state index is 0.00352. The number of nitrogens with zero attached hydrogens (tertiary/aromatic N) is 1. The van der Waals surface area contributed by atoms with E-state index in [9.17, 15) is 9.90 Å². The summed E-state index contributed by atoms with van der Waals surface area (Å²) in [5.41, 5.74) is 1.56. The Labute approximate surface area is 143 Å². The van der Waals surface area contributed by atoms with Crippen LogP contribution in [-0.2, 0) is 11.3 Å². The largest absolute Gasteiger partial charge is 0.508 e. The van der Waals surface area contributed by atoms with E-state index in [0.29, 0.717) is 16.8 Å². The fourth-order valence-electron chi connectivity index (χ4n) is 2.25. The molecule has 6 heteroatoms. The Bertz CT molecular complexity index is 911. The van der Waals surface area contributed by atoms with E-state index < -0.39 is 5.97 Å². The summed E-state index contributed by atoms with van der Waals surface area (Å²) in [7, 11) is 1.58. The number of halogens is 1. The standard InChI is InChI=1S/C18H14ClNO4/c1-23-15-6-5-11-7-13(17(19)20-16(11)9-15)10-24-18(22)12-3-2-4-14(21)8-12/h2-9,21H,10H2,1H3. The molecule has 122 valence electrons. The third-order valence-electron chi connectivity index (χ3n) is 3.49. The van der Waals surface area contributed by atoms with Gasteiger partial charge in [0.2, 0.25) is 0 Å². The highest BCUT2D eigenvalue weighted by atomic mass is 35.5. The van der Waals surface area contributed by atoms with Gasteiger partial charge in [-0.1, -0.05) is 17.7 Å². The van der Waals surface area contributed by atoms with Gasteiger partial charge in [0.05, 0.1) is 18.2 Å². The number of aromatic hydroxyl groups is 1. The van der Waals surface area contributed by atoms with Crippen molar-refractivity contribution in [2.75, 3.05) is 7.11 Å². The van der Waals surface area contributed by atoms with Crippen molar-refractivity contribution in [3.63, 3.8) is 0 Å². The highest BCUT2D eigenvalue weighted by Crippen LogP contribution is 2.25. The number of aromatic nitrogens is 1. The molecule has 0 atom stereocenters. The maximum atomic E-state index is 12.0. The van der Waals surface area contributed by atoms with Gasteiger partial charge in [-0.15, -0.1) is 0 Å². The molecule has 0 bridgehead atoms. The fraction of sp³-hybridized carbons (Fsp3) is 0.111. The van der Waals surface area contributed by atoms with E-state index in [1.165, 1.54) is 12.1 Å². The van der Waals surface area contributed by atoms with Crippen LogP contribution in [0.4, 0.5) is 0 Å². The minimum atomic E-state index is -0.545. The second-order valence-corrected chi connectivity index (χ2v) is 5.48. The predicted molar refractivity (Wildman–Crippen MR) is 90.5 cm³/mol. The van der Waals surface area contributed by atoms with Gasteiger partial charge in [-0.05, 0) is 36.4 Å². The maximum absolute atomic E-state index is 12.0. The van der Waals surface area contributed by atoms with E-state index in [1.54, 1.807) is 25.3 Å². The molecule has 0 spiro atoms. The van der Waals surface area contributed by atoms with Crippen molar-refractivity contribution in [3.8, 4) is 11.5 Å². The second-order valence-electron chi connectivity index (χ2n) is 5.12. The lowest BCUT2D eigenvalue weighted by atomic mass is 10.1. The van der Waals surface area contributed by atoms with Crippen molar-refractivity contribution in [1.82, 2.24) is 4.98 Å². The molecule has 3 rings (SSSR count). The summed E-state index contributed by atoms with van der Waals surface area (Å²) in [4.78, 5) is 16.3. The van der Waals surface area contributed by atoms with Crippen molar-refractivity contribution in [2.45, 2.75) is 6.61 Å². The fourth-order valence-corrected chi connectivity index (χ4v) is 2.46. The van der Waals surface area contributed by atoms with Crippen LogP contribution in [0.5, 0.6) is 11.5 Å². The van der Waals surface area contributed by atoms with Crippen LogP contribution in [0.2, 0.25) is 5.15 Å². The number of ether oxygens (including phenoxy) is 2. The van der Waals surface area contributed by atoms with Crippen molar-refractivity contribution >= 4 is 28.5 Å². The number of hydrogen-bond donors (Lipinski definition) is 1. The number of pyridine rings is 1. The van der Waals surface area contributed by atoms with Crippen molar-refractivity contribution in [3.05, 3.63) is 64.8 Å². The molecule has 1 N–H and O–H groups in total. The monoisotopic (exact) mass is 343 g/mol. The maximum Gasteiger partial charge on any atom is 0.338 e. The van der Waals surface area contributed by atoms with E-state index in [2.05, 4.69) is 4.98 Å². The Morgan fingerprint density at radius 2 is 2.04 bits per heavy atom. The molecular weight excluding hydrogens is 330 g/mol. The molecule has 0 unspecified atom stereocenters. The molecule has 0 aliphatic heterocycles. The van der Waals surface area contributed by atoms with E-state index in [4.69, 9.17) is 21.1 Å². The van der Waals surface area contributed by atoms with Crippen LogP contribution in [-0.4, -0.2) is 23.2 Å². The van der Waals surface area contributed by atoms with Crippen molar-refractivity contribution < 1.29 is 19.4 Å². The molecule has 24 heavy (non-hydrogen) atoms. The Balaban J connectivity index is 1.80. The number of fused-ring (bicyclic) bond motifs is 1. The van der Waals surface area contributed by atoms with Crippen LogP contribution in [0.25, 0.3) is 10.9 Å². The van der Waals surface area contributed by atoms with Gasteiger partial charge in [0.1, 0.15) is 23.3 Å². The summed E-state index contributed by atoms with van der Waals surface area (Å²) in [6.07, 6.45) is 0. The molecule has 5 nitrogen and oxygen atoms in total. The Kier molecular flexibility index (Phi) is 4.53. The van der Waals surface area contributed by atoms with Crippen LogP contribution in [0.1, 0.15) is 15.9 Å². The third-order valence-corrected chi connectivity index (χ3v) is 3.82. The third kappa shape index (κ3) is 3.41. The van der Waals surface area contributed by atoms with Gasteiger partial charge in [-0.2, -0.15) is 0 Å². The number of methoxy groups -OCH3 is 1. The first-order chi connectivity index (χ1) is 11.6. The SMILES string of the molecule is COc1ccc2cc(COC(=O)c3cccc(O)c3)c(Cl)nc2c1. The number of hydrogen-bond acceptors (Lipinski definition) is 5. The summed E-state index contributed by atoms with van der Waals surface area (Å²) in [6, 6.07) is 13.2. The highest BCUT2D eigenvalue weighted by molar-refractivity contribution is 6.30. The van der Waals surface area contributed by atoms with Crippen LogP contribution in [0.15, 0.2) is 48.5 Å². The number of carbonyl (C=O) groups excluding carboxylic acids is 1. The molecule has 1 heterocycles. The molecule has 0 aliphatic rings. The van der Waals surface area contributed by atoms with Crippen molar-refractivity contribution in [2.24, 2.45) is 0 Å². The molecule has 0 aliphatic carbocycles. The first-order valence-electron chi connectivity index (χ1n) is 7.16. The lowest BCUT2D eigenvalue weighted by Gasteiger charge is -2.09. The zero-order valence-electron chi connectivity index (χ0n) is 12.8. The number of benzene rings is 2. The summed E-state index contributed by atoms with van der Waals surface area (Å²) in [5.74, 6) is 0.148. The van der Waals surface area contributed by atoms with E-state index >= 15 is 0 Å². The van der Waals surface area contributed by atoms with Gasteiger partial charge in [0.25, 0.3) is 0 Å². The summed E-state index contributed by atoms with van der Waals surface area (Å²) < 4.78 is 10.4. The topological polar surface area (TPSA) is 68.7 Å². The second kappa shape index (κ2) is 6.76. The number of carbonyl (C=O) groups is 1. The number of phenols is 1. The van der Waals surface area contributed by atoms with Crippen molar-refractivity contribution in [1.29, 1.82) is 0 Å². The van der Waals surface area contributed by atoms with E-state index in [0.717, 1.165) is 5.39 Å². The zero-order valence-corrected chi connectivity index (χ0v) is 13.6. The Morgan fingerprint density at radius 3 is 2.79 bits per heavy atom. The average Bonchev–Trinajstić information content (AvgIpc) is 2.59. The van der Waals surface area contributed by atoms with Crippen LogP contribution in [0, 0.1) is 0 Å².